The van der Waals surface area contributed by atoms with Crippen LogP contribution in [0, 0.1) is 6.92 Å². The zero-order valence-corrected chi connectivity index (χ0v) is 16.2. The summed E-state index contributed by atoms with van der Waals surface area (Å²) in [5.74, 6) is -0.343. The fraction of sp³-hybridized carbons (Fsp3) is 0.188. The predicted octanol–water partition coefficient (Wildman–Crippen LogP) is 2.23. The summed E-state index contributed by atoms with van der Waals surface area (Å²) in [5, 5.41) is 0.862. The number of amides is 1. The molecule has 2 N–H and O–H groups in total. The number of hydrogen-bond donors (Lipinski definition) is 2. The molecule has 0 saturated carbocycles. The van der Waals surface area contributed by atoms with Gasteiger partial charge in [-0.15, -0.1) is 11.3 Å². The maximum Gasteiger partial charge on any atom is 0.275 e. The van der Waals surface area contributed by atoms with Gasteiger partial charge in [-0.2, -0.15) is 0 Å². The number of sulfonamides is 1. The number of aromatic amines is 1. The number of nitrogens with zero attached hydrogens (tertiary/aromatic N) is 1. The Morgan fingerprint density at radius 3 is 2.77 bits per heavy atom. The summed E-state index contributed by atoms with van der Waals surface area (Å²) in [5.41, 5.74) is 0.900. The predicted molar refractivity (Wildman–Crippen MR) is 102 cm³/mol. The van der Waals surface area contributed by atoms with E-state index in [-0.39, 0.29) is 15.8 Å². The van der Waals surface area contributed by atoms with Gasteiger partial charge in [0.1, 0.15) is 10.7 Å². The Bertz CT molecular complexity index is 1180. The Morgan fingerprint density at radius 2 is 2.12 bits per heavy atom. The summed E-state index contributed by atoms with van der Waals surface area (Å²) in [4.78, 5) is 32.2. The SMILES string of the molecule is Cc1c(C(=O)NS(C)(=O)=O)sc2nc(Cc3cccc(Cl)c3)[nH]c(=O)c12. The number of aryl methyl sites for hydroxylation is 1. The van der Waals surface area contributed by atoms with Gasteiger partial charge < -0.3 is 4.98 Å². The lowest BCUT2D eigenvalue weighted by Gasteiger charge is -2.02. The Hall–Kier alpha value is -2.23. The number of H-pyrrole nitrogens is 1. The summed E-state index contributed by atoms with van der Waals surface area (Å²) in [6.45, 7) is 1.59. The molecule has 0 radical (unpaired) electrons. The van der Waals surface area contributed by atoms with Crippen LogP contribution in [0.25, 0.3) is 10.2 Å². The molecule has 3 rings (SSSR count). The Kier molecular flexibility index (Phi) is 4.87. The topological polar surface area (TPSA) is 109 Å². The monoisotopic (exact) mass is 411 g/mol. The van der Waals surface area contributed by atoms with Crippen LogP contribution in [0.3, 0.4) is 0 Å². The van der Waals surface area contributed by atoms with Crippen LogP contribution in [0.15, 0.2) is 29.1 Å². The summed E-state index contributed by atoms with van der Waals surface area (Å²) in [6, 6.07) is 7.19. The van der Waals surface area contributed by atoms with Crippen molar-refractivity contribution in [2.24, 2.45) is 0 Å². The minimum Gasteiger partial charge on any atom is -0.310 e. The first-order valence-corrected chi connectivity index (χ1v) is 10.5. The van der Waals surface area contributed by atoms with Crippen molar-refractivity contribution in [3.05, 3.63) is 61.5 Å². The van der Waals surface area contributed by atoms with Crippen LogP contribution >= 0.6 is 22.9 Å². The van der Waals surface area contributed by atoms with Crippen molar-refractivity contribution in [2.75, 3.05) is 6.26 Å². The molecule has 0 saturated heterocycles. The average molecular weight is 412 g/mol. The fourth-order valence-corrected chi connectivity index (χ4v) is 4.36. The van der Waals surface area contributed by atoms with Gasteiger partial charge in [0.15, 0.2) is 0 Å². The Labute approximate surface area is 158 Å². The number of hydrogen-bond acceptors (Lipinski definition) is 6. The van der Waals surface area contributed by atoms with Gasteiger partial charge in [0.2, 0.25) is 10.0 Å². The van der Waals surface area contributed by atoms with Crippen LogP contribution in [-0.4, -0.2) is 30.5 Å². The Morgan fingerprint density at radius 1 is 1.38 bits per heavy atom. The maximum atomic E-state index is 12.4. The van der Waals surface area contributed by atoms with E-state index in [9.17, 15) is 18.0 Å². The number of carbonyl (C=O) groups excluding carboxylic acids is 1. The van der Waals surface area contributed by atoms with Gasteiger partial charge in [0, 0.05) is 11.4 Å². The van der Waals surface area contributed by atoms with Crippen molar-refractivity contribution in [1.29, 1.82) is 0 Å². The highest BCUT2D eigenvalue weighted by Gasteiger charge is 2.21. The molecule has 0 atom stereocenters. The summed E-state index contributed by atoms with van der Waals surface area (Å²) < 4.78 is 24.4. The molecule has 0 aliphatic heterocycles. The molecule has 1 amide bonds. The number of nitrogens with one attached hydrogen (secondary N) is 2. The molecule has 0 bridgehead atoms. The number of thiophene rings is 1. The first-order valence-electron chi connectivity index (χ1n) is 7.43. The van der Waals surface area contributed by atoms with Gasteiger partial charge in [-0.1, -0.05) is 23.7 Å². The van der Waals surface area contributed by atoms with Gasteiger partial charge in [-0.25, -0.2) is 18.1 Å². The summed E-state index contributed by atoms with van der Waals surface area (Å²) in [6.07, 6.45) is 1.26. The van der Waals surface area contributed by atoms with Gasteiger partial charge in [0.05, 0.1) is 16.5 Å². The molecule has 2 heterocycles. The van der Waals surface area contributed by atoms with Crippen LogP contribution in [0.1, 0.15) is 26.6 Å². The smallest absolute Gasteiger partial charge is 0.275 e. The molecule has 0 spiro atoms. The molecule has 10 heteroatoms. The highest BCUT2D eigenvalue weighted by atomic mass is 35.5. The number of benzene rings is 1. The normalized spacial score (nSPS) is 11.7. The van der Waals surface area contributed by atoms with Gasteiger partial charge in [-0.05, 0) is 30.2 Å². The van der Waals surface area contributed by atoms with Gasteiger partial charge >= 0.3 is 0 Å². The first kappa shape index (κ1) is 18.6. The lowest BCUT2D eigenvalue weighted by Crippen LogP contribution is -2.29. The third kappa shape index (κ3) is 3.95. The highest BCUT2D eigenvalue weighted by Crippen LogP contribution is 2.27. The van der Waals surface area contributed by atoms with E-state index in [1.54, 1.807) is 25.1 Å². The molecule has 136 valence electrons. The molecule has 2 aromatic heterocycles. The molecule has 3 aromatic rings. The zero-order chi connectivity index (χ0) is 19.1. The van der Waals surface area contributed by atoms with E-state index in [0.29, 0.717) is 27.7 Å². The molecule has 0 unspecified atom stereocenters. The van der Waals surface area contributed by atoms with Crippen molar-refractivity contribution in [3.63, 3.8) is 0 Å². The zero-order valence-electron chi connectivity index (χ0n) is 13.8. The molecule has 26 heavy (non-hydrogen) atoms. The number of rotatable bonds is 4. The van der Waals surface area contributed by atoms with E-state index in [1.807, 2.05) is 10.8 Å². The number of carbonyl (C=O) groups is 1. The minimum atomic E-state index is -3.70. The van der Waals surface area contributed by atoms with Crippen molar-refractivity contribution in [1.82, 2.24) is 14.7 Å². The standard InChI is InChI=1S/C16H14ClN3O4S2/c1-8-12-14(21)18-11(7-9-4-3-5-10(17)6-9)19-16(12)25-13(8)15(22)20-26(2,23)24/h3-6H,7H2,1-2H3,(H,20,22)(H,18,19,21). The second-order valence-corrected chi connectivity index (χ2v) is 8.94. The molecule has 7 nitrogen and oxygen atoms in total. The molecule has 0 fully saturated rings. The lowest BCUT2D eigenvalue weighted by molar-refractivity contribution is 0.0985. The van der Waals surface area contributed by atoms with E-state index in [1.165, 1.54) is 0 Å². The molecule has 0 aliphatic carbocycles. The molecular formula is C16H14ClN3O4S2. The third-order valence-corrected chi connectivity index (χ3v) is 5.57. The van der Waals surface area contributed by atoms with Crippen LogP contribution in [0.4, 0.5) is 0 Å². The number of aromatic nitrogens is 2. The minimum absolute atomic E-state index is 0.142. The molecule has 0 aliphatic rings. The van der Waals surface area contributed by atoms with Crippen LogP contribution in [-0.2, 0) is 16.4 Å². The van der Waals surface area contributed by atoms with Crippen molar-refractivity contribution >= 4 is 49.1 Å². The van der Waals surface area contributed by atoms with Crippen molar-refractivity contribution < 1.29 is 13.2 Å². The van der Waals surface area contributed by atoms with Crippen LogP contribution in [0.2, 0.25) is 5.02 Å². The van der Waals surface area contributed by atoms with E-state index < -0.39 is 15.9 Å². The van der Waals surface area contributed by atoms with E-state index in [4.69, 9.17) is 11.6 Å². The Balaban J connectivity index is 2.03. The molecular weight excluding hydrogens is 398 g/mol. The van der Waals surface area contributed by atoms with Gasteiger partial charge in [0.25, 0.3) is 11.5 Å². The highest BCUT2D eigenvalue weighted by molar-refractivity contribution is 7.89. The van der Waals surface area contributed by atoms with Crippen LogP contribution in [0.5, 0.6) is 0 Å². The first-order chi connectivity index (χ1) is 12.1. The van der Waals surface area contributed by atoms with Crippen LogP contribution < -0.4 is 10.3 Å². The summed E-state index contributed by atoms with van der Waals surface area (Å²) >= 11 is 6.95. The quantitative estimate of drug-likeness (QED) is 0.684. The number of fused-ring (bicyclic) bond motifs is 1. The number of halogens is 1. The third-order valence-electron chi connectivity index (χ3n) is 3.59. The summed E-state index contributed by atoms with van der Waals surface area (Å²) in [7, 11) is -3.70. The van der Waals surface area contributed by atoms with Crippen molar-refractivity contribution in [2.45, 2.75) is 13.3 Å². The second kappa shape index (κ2) is 6.82. The van der Waals surface area contributed by atoms with Gasteiger partial charge in [-0.3, -0.25) is 9.59 Å². The lowest BCUT2D eigenvalue weighted by atomic mass is 10.1. The largest absolute Gasteiger partial charge is 0.310 e. The van der Waals surface area contributed by atoms with E-state index in [2.05, 4.69) is 9.97 Å². The fourth-order valence-electron chi connectivity index (χ4n) is 2.54. The maximum absolute atomic E-state index is 12.4. The van der Waals surface area contributed by atoms with E-state index in [0.717, 1.165) is 23.2 Å². The molecule has 1 aromatic carbocycles. The van der Waals surface area contributed by atoms with Crippen molar-refractivity contribution in [3.8, 4) is 0 Å². The second-order valence-electron chi connectivity index (χ2n) is 5.76. The van der Waals surface area contributed by atoms with E-state index >= 15 is 0 Å². The average Bonchev–Trinajstić information content (AvgIpc) is 2.83.